The topological polar surface area (TPSA) is 77.3 Å². The number of rotatable bonds is 5. The van der Waals surface area contributed by atoms with Crippen molar-refractivity contribution < 1.29 is 14.1 Å². The van der Waals surface area contributed by atoms with Crippen LogP contribution in [0.15, 0.2) is 81.8 Å². The number of amides is 1. The molecule has 1 amide bonds. The minimum Gasteiger partial charge on any atom is -0.497 e. The molecule has 0 saturated carbocycles. The Morgan fingerprint density at radius 3 is 2.45 bits per heavy atom. The standard InChI is InChI=1S/C22H16BrN3O3/c1-28-17-12-8-14(9-13-17)20-25-22(29-26-20)18-4-2-3-5-19(18)24-21(27)15-6-10-16(23)11-7-15/h2-13H,1H3,(H,24,27). The predicted molar refractivity (Wildman–Crippen MR) is 114 cm³/mol. The molecule has 0 aliphatic carbocycles. The van der Waals surface area contributed by atoms with Crippen molar-refractivity contribution in [2.75, 3.05) is 12.4 Å². The van der Waals surface area contributed by atoms with Gasteiger partial charge in [0.25, 0.3) is 11.8 Å². The molecule has 144 valence electrons. The third kappa shape index (κ3) is 4.20. The molecule has 0 spiro atoms. The van der Waals surface area contributed by atoms with Crippen molar-refractivity contribution in [3.05, 3.63) is 82.8 Å². The van der Waals surface area contributed by atoms with E-state index in [0.717, 1.165) is 15.8 Å². The molecule has 0 bridgehead atoms. The first-order chi connectivity index (χ1) is 14.1. The summed E-state index contributed by atoms with van der Waals surface area (Å²) in [6.07, 6.45) is 0. The number of hydrogen-bond donors (Lipinski definition) is 1. The first-order valence-electron chi connectivity index (χ1n) is 8.78. The second-order valence-electron chi connectivity index (χ2n) is 6.16. The van der Waals surface area contributed by atoms with E-state index in [2.05, 4.69) is 31.4 Å². The molecular weight excluding hydrogens is 434 g/mol. The summed E-state index contributed by atoms with van der Waals surface area (Å²) in [7, 11) is 1.61. The average molecular weight is 450 g/mol. The molecule has 1 aromatic heterocycles. The van der Waals surface area contributed by atoms with E-state index < -0.39 is 0 Å². The van der Waals surface area contributed by atoms with E-state index in [-0.39, 0.29) is 5.91 Å². The molecule has 4 aromatic rings. The van der Waals surface area contributed by atoms with E-state index in [1.54, 1.807) is 25.3 Å². The van der Waals surface area contributed by atoms with Crippen molar-refractivity contribution >= 4 is 27.5 Å². The molecule has 7 heteroatoms. The number of hydrogen-bond acceptors (Lipinski definition) is 5. The summed E-state index contributed by atoms with van der Waals surface area (Å²) >= 11 is 3.37. The fraction of sp³-hybridized carbons (Fsp3) is 0.0455. The molecule has 4 rings (SSSR count). The molecule has 1 heterocycles. The number of anilines is 1. The maximum atomic E-state index is 12.6. The largest absolute Gasteiger partial charge is 0.497 e. The van der Waals surface area contributed by atoms with Gasteiger partial charge in [0, 0.05) is 15.6 Å². The zero-order valence-electron chi connectivity index (χ0n) is 15.4. The number of nitrogens with zero attached hydrogens (tertiary/aromatic N) is 2. The van der Waals surface area contributed by atoms with Crippen LogP contribution in [0.2, 0.25) is 0 Å². The zero-order chi connectivity index (χ0) is 20.2. The quantitative estimate of drug-likeness (QED) is 0.439. The van der Waals surface area contributed by atoms with Crippen LogP contribution in [0.4, 0.5) is 5.69 Å². The molecule has 6 nitrogen and oxygen atoms in total. The van der Waals surface area contributed by atoms with E-state index in [1.165, 1.54) is 0 Å². The lowest BCUT2D eigenvalue weighted by Crippen LogP contribution is -2.12. The minimum absolute atomic E-state index is 0.222. The molecule has 1 N–H and O–H groups in total. The summed E-state index contributed by atoms with van der Waals surface area (Å²) in [6, 6.07) is 21.8. The Balaban J connectivity index is 1.60. The van der Waals surface area contributed by atoms with Crippen LogP contribution in [-0.4, -0.2) is 23.2 Å². The monoisotopic (exact) mass is 449 g/mol. The van der Waals surface area contributed by atoms with E-state index in [9.17, 15) is 4.79 Å². The summed E-state index contributed by atoms with van der Waals surface area (Å²) in [5.74, 6) is 1.30. The highest BCUT2D eigenvalue weighted by molar-refractivity contribution is 9.10. The lowest BCUT2D eigenvalue weighted by molar-refractivity contribution is 0.102. The van der Waals surface area contributed by atoms with E-state index in [0.29, 0.717) is 28.5 Å². The van der Waals surface area contributed by atoms with Gasteiger partial charge in [0.15, 0.2) is 0 Å². The van der Waals surface area contributed by atoms with Gasteiger partial charge in [0.2, 0.25) is 5.82 Å². The number of carbonyl (C=O) groups excluding carboxylic acids is 1. The number of para-hydroxylation sites is 1. The summed E-state index contributed by atoms with van der Waals surface area (Å²) in [5, 5.41) is 6.97. The summed E-state index contributed by atoms with van der Waals surface area (Å²) < 4.78 is 11.5. The first kappa shape index (κ1) is 18.9. The highest BCUT2D eigenvalue weighted by atomic mass is 79.9. The van der Waals surface area contributed by atoms with Crippen LogP contribution in [0, 0.1) is 0 Å². The Kier molecular flexibility index (Phi) is 5.39. The van der Waals surface area contributed by atoms with Gasteiger partial charge in [0.1, 0.15) is 5.75 Å². The van der Waals surface area contributed by atoms with Gasteiger partial charge >= 0.3 is 0 Å². The molecule has 0 saturated heterocycles. The molecule has 0 fully saturated rings. The summed E-state index contributed by atoms with van der Waals surface area (Å²) in [4.78, 5) is 17.1. The Morgan fingerprint density at radius 2 is 1.72 bits per heavy atom. The van der Waals surface area contributed by atoms with Gasteiger partial charge in [-0.15, -0.1) is 0 Å². The average Bonchev–Trinajstić information content (AvgIpc) is 3.25. The highest BCUT2D eigenvalue weighted by Crippen LogP contribution is 2.29. The molecule has 0 atom stereocenters. The van der Waals surface area contributed by atoms with Gasteiger partial charge < -0.3 is 14.6 Å². The third-order valence-electron chi connectivity index (χ3n) is 4.29. The Bertz CT molecular complexity index is 1140. The van der Waals surface area contributed by atoms with Crippen LogP contribution >= 0.6 is 15.9 Å². The van der Waals surface area contributed by atoms with Crippen molar-refractivity contribution in [3.8, 4) is 28.6 Å². The highest BCUT2D eigenvalue weighted by Gasteiger charge is 2.16. The van der Waals surface area contributed by atoms with Gasteiger partial charge in [-0.1, -0.05) is 33.2 Å². The number of methoxy groups -OCH3 is 1. The summed E-state index contributed by atoms with van der Waals surface area (Å²) in [5.41, 5.74) is 2.58. The van der Waals surface area contributed by atoms with Crippen LogP contribution in [0.25, 0.3) is 22.8 Å². The maximum Gasteiger partial charge on any atom is 0.260 e. The van der Waals surface area contributed by atoms with Gasteiger partial charge in [-0.3, -0.25) is 4.79 Å². The number of halogens is 1. The first-order valence-corrected chi connectivity index (χ1v) is 9.58. The van der Waals surface area contributed by atoms with E-state index >= 15 is 0 Å². The summed E-state index contributed by atoms with van der Waals surface area (Å²) in [6.45, 7) is 0. The molecule has 29 heavy (non-hydrogen) atoms. The maximum absolute atomic E-state index is 12.6. The van der Waals surface area contributed by atoms with Crippen molar-refractivity contribution in [2.24, 2.45) is 0 Å². The second kappa shape index (κ2) is 8.28. The Morgan fingerprint density at radius 1 is 1.00 bits per heavy atom. The van der Waals surface area contributed by atoms with Crippen molar-refractivity contribution in [1.29, 1.82) is 0 Å². The van der Waals surface area contributed by atoms with Crippen LogP contribution in [-0.2, 0) is 0 Å². The molecule has 0 radical (unpaired) electrons. The fourth-order valence-corrected chi connectivity index (χ4v) is 3.03. The zero-order valence-corrected chi connectivity index (χ0v) is 17.0. The number of nitrogens with one attached hydrogen (secondary N) is 1. The lowest BCUT2D eigenvalue weighted by atomic mass is 10.1. The SMILES string of the molecule is COc1ccc(-c2noc(-c3ccccc3NC(=O)c3ccc(Br)cc3)n2)cc1. The minimum atomic E-state index is -0.222. The molecule has 0 unspecified atom stereocenters. The van der Waals surface area contributed by atoms with Crippen LogP contribution in [0.1, 0.15) is 10.4 Å². The van der Waals surface area contributed by atoms with E-state index in [1.807, 2.05) is 54.6 Å². The van der Waals surface area contributed by atoms with Crippen molar-refractivity contribution in [2.45, 2.75) is 0 Å². The predicted octanol–water partition coefficient (Wildman–Crippen LogP) is 5.43. The third-order valence-corrected chi connectivity index (χ3v) is 4.81. The van der Waals surface area contributed by atoms with Crippen LogP contribution in [0.3, 0.4) is 0 Å². The normalized spacial score (nSPS) is 10.6. The van der Waals surface area contributed by atoms with Crippen LogP contribution in [0.5, 0.6) is 5.75 Å². The smallest absolute Gasteiger partial charge is 0.260 e. The van der Waals surface area contributed by atoms with Gasteiger partial charge in [-0.25, -0.2) is 0 Å². The Hall–Kier alpha value is -3.45. The fourth-order valence-electron chi connectivity index (χ4n) is 2.76. The number of carbonyl (C=O) groups is 1. The molecule has 0 aliphatic heterocycles. The number of ether oxygens (including phenoxy) is 1. The molecule has 3 aromatic carbocycles. The van der Waals surface area contributed by atoms with Gasteiger partial charge in [-0.2, -0.15) is 4.98 Å². The molecule has 0 aliphatic rings. The van der Waals surface area contributed by atoms with Gasteiger partial charge in [0.05, 0.1) is 18.4 Å². The van der Waals surface area contributed by atoms with Crippen molar-refractivity contribution in [3.63, 3.8) is 0 Å². The van der Waals surface area contributed by atoms with Gasteiger partial charge in [-0.05, 0) is 60.7 Å². The number of aromatic nitrogens is 2. The number of benzene rings is 3. The Labute approximate surface area is 175 Å². The molecular formula is C22H16BrN3O3. The lowest BCUT2D eigenvalue weighted by Gasteiger charge is -2.08. The second-order valence-corrected chi connectivity index (χ2v) is 7.07. The van der Waals surface area contributed by atoms with Crippen molar-refractivity contribution in [1.82, 2.24) is 10.1 Å². The van der Waals surface area contributed by atoms with E-state index in [4.69, 9.17) is 9.26 Å². The van der Waals surface area contributed by atoms with Crippen LogP contribution < -0.4 is 10.1 Å².